The van der Waals surface area contributed by atoms with E-state index in [1.54, 1.807) is 0 Å². The molecule has 3 fully saturated rings. The molecule has 7 heteroatoms. The Kier molecular flexibility index (Phi) is 7.46. The highest BCUT2D eigenvalue weighted by molar-refractivity contribution is 6.42. The van der Waals surface area contributed by atoms with E-state index >= 15 is 0 Å². The van der Waals surface area contributed by atoms with Crippen molar-refractivity contribution in [3.05, 3.63) is 63.9 Å². The van der Waals surface area contributed by atoms with E-state index in [2.05, 4.69) is 57.7 Å². The van der Waals surface area contributed by atoms with Gasteiger partial charge in [-0.05, 0) is 93.7 Å². The number of likely N-dealkylation sites (tertiary alicyclic amines) is 1. The van der Waals surface area contributed by atoms with E-state index in [0.29, 0.717) is 28.2 Å². The average Bonchev–Trinajstić information content (AvgIpc) is 3.38. The van der Waals surface area contributed by atoms with Gasteiger partial charge in [-0.2, -0.15) is 0 Å². The van der Waals surface area contributed by atoms with Crippen molar-refractivity contribution in [1.29, 1.82) is 0 Å². The third-order valence-corrected chi connectivity index (χ3v) is 10.8. The van der Waals surface area contributed by atoms with Gasteiger partial charge >= 0.3 is 0 Å². The maximum atomic E-state index is 13.1. The molecule has 4 heterocycles. The highest BCUT2D eigenvalue weighted by Gasteiger charge is 2.44. The fraction of sp³-hybridized carbons (Fsp3) is 0.576. The van der Waals surface area contributed by atoms with Crippen LogP contribution in [0.15, 0.2) is 42.5 Å². The number of hydrogen-bond acceptors (Lipinski definition) is 3. The molecule has 3 aliphatic rings. The number of imidazole rings is 1. The largest absolute Gasteiger partial charge is 0.342 e. The van der Waals surface area contributed by atoms with Crippen molar-refractivity contribution in [1.82, 2.24) is 19.4 Å². The summed E-state index contributed by atoms with van der Waals surface area (Å²) in [7, 11) is 0. The van der Waals surface area contributed by atoms with Crippen LogP contribution in [-0.2, 0) is 10.2 Å². The van der Waals surface area contributed by atoms with Crippen LogP contribution in [-0.4, -0.2) is 57.0 Å². The molecule has 1 aromatic heterocycles. The Hall–Kier alpha value is -2.08. The SMILES string of the molecule is Cc1nc2ccccc2n1[C@H]1C[C@H]2CC[C@@H](C1)N2CCC1(c2ccc(Cl)c(Cl)c2)CCN(C(=O)C(C)(C)C)CC1. The molecule has 3 saturated heterocycles. The molecule has 3 atom stereocenters. The smallest absolute Gasteiger partial charge is 0.227 e. The molecule has 0 spiro atoms. The molecule has 5 nitrogen and oxygen atoms in total. The quantitative estimate of drug-likeness (QED) is 0.309. The van der Waals surface area contributed by atoms with Crippen LogP contribution in [0.5, 0.6) is 0 Å². The Morgan fingerprint density at radius 3 is 2.30 bits per heavy atom. The minimum atomic E-state index is -0.355. The number of rotatable bonds is 5. The predicted molar refractivity (Wildman–Crippen MR) is 164 cm³/mol. The lowest BCUT2D eigenvalue weighted by Gasteiger charge is -2.46. The number of nitrogens with zero attached hydrogens (tertiary/aromatic N) is 4. The summed E-state index contributed by atoms with van der Waals surface area (Å²) in [6.07, 6.45) is 7.92. The lowest BCUT2D eigenvalue weighted by Crippen LogP contribution is -2.50. The first-order chi connectivity index (χ1) is 19.1. The van der Waals surface area contributed by atoms with Gasteiger partial charge < -0.3 is 9.47 Å². The van der Waals surface area contributed by atoms with E-state index in [9.17, 15) is 4.79 Å². The highest BCUT2D eigenvalue weighted by atomic mass is 35.5. The Bertz CT molecular complexity index is 1390. The van der Waals surface area contributed by atoms with Gasteiger partial charge in [0.25, 0.3) is 0 Å². The number of halogens is 2. The molecular formula is C33H42Cl2N4O. The predicted octanol–water partition coefficient (Wildman–Crippen LogP) is 7.82. The maximum Gasteiger partial charge on any atom is 0.227 e. The number of aryl methyl sites for hydroxylation is 1. The van der Waals surface area contributed by atoms with Crippen molar-refractivity contribution >= 4 is 40.1 Å². The van der Waals surface area contributed by atoms with E-state index in [4.69, 9.17) is 28.2 Å². The fourth-order valence-corrected chi connectivity index (χ4v) is 8.21. The molecule has 3 aromatic rings. The number of hydrogen-bond donors (Lipinski definition) is 0. The Balaban J connectivity index is 1.20. The molecule has 1 amide bonds. The normalized spacial score (nSPS) is 25.1. The van der Waals surface area contributed by atoms with Crippen molar-refractivity contribution in [2.75, 3.05) is 19.6 Å². The van der Waals surface area contributed by atoms with Gasteiger partial charge in [-0.3, -0.25) is 9.69 Å². The van der Waals surface area contributed by atoms with Gasteiger partial charge in [-0.15, -0.1) is 0 Å². The molecule has 2 bridgehead atoms. The number of carbonyl (C=O) groups excluding carboxylic acids is 1. The molecule has 0 N–H and O–H groups in total. The van der Waals surface area contributed by atoms with Gasteiger partial charge in [0.15, 0.2) is 0 Å². The maximum absolute atomic E-state index is 13.1. The van der Waals surface area contributed by atoms with Crippen LogP contribution in [0.2, 0.25) is 10.0 Å². The zero-order valence-electron chi connectivity index (χ0n) is 24.3. The van der Waals surface area contributed by atoms with E-state index in [-0.39, 0.29) is 16.7 Å². The van der Waals surface area contributed by atoms with Crippen molar-refractivity contribution in [2.24, 2.45) is 5.41 Å². The number of benzene rings is 2. The van der Waals surface area contributed by atoms with Crippen LogP contribution in [0, 0.1) is 12.3 Å². The lowest BCUT2D eigenvalue weighted by molar-refractivity contribution is -0.141. The van der Waals surface area contributed by atoms with Gasteiger partial charge in [-0.1, -0.05) is 62.2 Å². The standard InChI is InChI=1S/C33H42Cl2N4O/c1-22-36-29-7-5-6-8-30(29)39(22)26-20-24-10-11-25(21-26)38(24)18-15-33(23-9-12-27(34)28(35)19-23)13-16-37(17-14-33)31(40)32(2,3)4/h5-9,12,19,24-26H,10-11,13-18,20-21H2,1-4H3/t24-,25+,26+. The summed E-state index contributed by atoms with van der Waals surface area (Å²) < 4.78 is 2.51. The summed E-state index contributed by atoms with van der Waals surface area (Å²) in [6.45, 7) is 10.9. The Morgan fingerprint density at radius 1 is 0.975 bits per heavy atom. The van der Waals surface area contributed by atoms with Crippen LogP contribution in [0.3, 0.4) is 0 Å². The second kappa shape index (κ2) is 10.6. The molecule has 0 aliphatic carbocycles. The van der Waals surface area contributed by atoms with Gasteiger partial charge in [0, 0.05) is 36.6 Å². The van der Waals surface area contributed by atoms with Crippen LogP contribution in [0.4, 0.5) is 0 Å². The van der Waals surface area contributed by atoms with Crippen molar-refractivity contribution in [3.8, 4) is 0 Å². The molecule has 0 unspecified atom stereocenters. The van der Waals surface area contributed by atoms with E-state index in [1.165, 1.54) is 36.8 Å². The van der Waals surface area contributed by atoms with E-state index < -0.39 is 0 Å². The number of para-hydroxylation sites is 2. The van der Waals surface area contributed by atoms with Crippen LogP contribution in [0.1, 0.15) is 83.1 Å². The second-order valence-corrected chi connectivity index (χ2v) is 14.3. The van der Waals surface area contributed by atoms with E-state index in [0.717, 1.165) is 50.2 Å². The molecule has 0 radical (unpaired) electrons. The zero-order chi connectivity index (χ0) is 28.2. The van der Waals surface area contributed by atoms with Crippen LogP contribution >= 0.6 is 23.2 Å². The molecule has 0 saturated carbocycles. The summed E-state index contributed by atoms with van der Waals surface area (Å²) in [5.74, 6) is 1.38. The Labute approximate surface area is 248 Å². The molecule has 3 aliphatic heterocycles. The highest BCUT2D eigenvalue weighted by Crippen LogP contribution is 2.46. The first kappa shape index (κ1) is 28.1. The second-order valence-electron chi connectivity index (χ2n) is 13.5. The summed E-state index contributed by atoms with van der Waals surface area (Å²) in [5, 5.41) is 1.22. The third kappa shape index (κ3) is 5.07. The number of piperidine rings is 2. The minimum absolute atomic E-state index is 0.00365. The van der Waals surface area contributed by atoms with Gasteiger partial charge in [0.1, 0.15) is 5.82 Å². The monoisotopic (exact) mass is 580 g/mol. The van der Waals surface area contributed by atoms with Crippen LogP contribution < -0.4 is 0 Å². The number of carbonyl (C=O) groups is 1. The summed E-state index contributed by atoms with van der Waals surface area (Å²) in [6, 6.07) is 16.5. The number of fused-ring (bicyclic) bond motifs is 3. The minimum Gasteiger partial charge on any atom is -0.342 e. The summed E-state index contributed by atoms with van der Waals surface area (Å²) in [4.78, 5) is 22.8. The van der Waals surface area contributed by atoms with E-state index in [1.807, 2.05) is 26.8 Å². The van der Waals surface area contributed by atoms with Crippen molar-refractivity contribution in [3.63, 3.8) is 0 Å². The van der Waals surface area contributed by atoms with Gasteiger partial charge in [0.2, 0.25) is 5.91 Å². The van der Waals surface area contributed by atoms with Crippen molar-refractivity contribution < 1.29 is 4.79 Å². The first-order valence-corrected chi connectivity index (χ1v) is 15.8. The summed E-state index contributed by atoms with van der Waals surface area (Å²) >= 11 is 12.9. The molecule has 40 heavy (non-hydrogen) atoms. The molecular weight excluding hydrogens is 539 g/mol. The average molecular weight is 582 g/mol. The lowest BCUT2D eigenvalue weighted by atomic mass is 9.70. The van der Waals surface area contributed by atoms with Gasteiger partial charge in [0.05, 0.1) is 21.1 Å². The fourth-order valence-electron chi connectivity index (χ4n) is 7.91. The first-order valence-electron chi connectivity index (χ1n) is 15.0. The van der Waals surface area contributed by atoms with Crippen LogP contribution in [0.25, 0.3) is 11.0 Å². The number of aromatic nitrogens is 2. The van der Waals surface area contributed by atoms with Crippen molar-refractivity contribution in [2.45, 2.75) is 96.2 Å². The Morgan fingerprint density at radius 2 is 1.65 bits per heavy atom. The summed E-state index contributed by atoms with van der Waals surface area (Å²) in [5.41, 5.74) is 3.29. The zero-order valence-corrected chi connectivity index (χ0v) is 25.8. The topological polar surface area (TPSA) is 41.4 Å². The third-order valence-electron chi connectivity index (χ3n) is 10.0. The molecule has 214 valence electrons. The van der Waals surface area contributed by atoms with Gasteiger partial charge in [-0.25, -0.2) is 4.98 Å². The number of amides is 1. The molecule has 6 rings (SSSR count). The molecule has 2 aromatic carbocycles.